The van der Waals surface area contributed by atoms with Crippen molar-refractivity contribution in [2.24, 2.45) is 0 Å². The van der Waals surface area contributed by atoms with Gasteiger partial charge in [0.25, 0.3) is 0 Å². The van der Waals surface area contributed by atoms with E-state index in [2.05, 4.69) is 49.9 Å². The zero-order valence-electron chi connectivity index (χ0n) is 10.7. The van der Waals surface area contributed by atoms with E-state index in [-0.39, 0.29) is 5.54 Å². The normalized spacial score (nSPS) is 14.3. The predicted octanol–water partition coefficient (Wildman–Crippen LogP) is 3.87. The van der Waals surface area contributed by atoms with E-state index < -0.39 is 0 Å². The molecule has 0 unspecified atom stereocenters. The van der Waals surface area contributed by atoms with Crippen LogP contribution in [0.25, 0.3) is 0 Å². The van der Waals surface area contributed by atoms with Gasteiger partial charge in [0.05, 0.1) is 0 Å². The molecule has 1 heteroatoms. The number of hydrogen-bond acceptors (Lipinski definition) is 1. The molecule has 0 N–H and O–H groups in total. The van der Waals surface area contributed by atoms with Crippen LogP contribution in [0.5, 0.6) is 0 Å². The van der Waals surface area contributed by atoms with Crippen LogP contribution >= 0.6 is 0 Å². The van der Waals surface area contributed by atoms with E-state index in [1.807, 2.05) is 13.8 Å². The molecule has 0 radical (unpaired) electrons. The van der Waals surface area contributed by atoms with Gasteiger partial charge in [-0.1, -0.05) is 32.0 Å². The zero-order valence-corrected chi connectivity index (χ0v) is 10.7. The van der Waals surface area contributed by atoms with Gasteiger partial charge in [0, 0.05) is 17.8 Å². The first-order chi connectivity index (χ1) is 7.09. The Balaban J connectivity index is 0.000000531. The smallest absolute Gasteiger partial charge is 0.0403 e. The third-order valence-electron chi connectivity index (χ3n) is 2.70. The highest BCUT2D eigenvalue weighted by Gasteiger charge is 2.27. The molecule has 1 aliphatic rings. The second-order valence-corrected chi connectivity index (χ2v) is 4.70. The molecule has 1 aromatic rings. The fourth-order valence-corrected chi connectivity index (χ4v) is 2.04. The fraction of sp³-hybridized carbons (Fsp3) is 0.571. The van der Waals surface area contributed by atoms with Gasteiger partial charge in [0.1, 0.15) is 0 Å². The van der Waals surface area contributed by atoms with Gasteiger partial charge in [-0.05, 0) is 38.8 Å². The summed E-state index contributed by atoms with van der Waals surface area (Å²) in [5.41, 5.74) is 3.18. The summed E-state index contributed by atoms with van der Waals surface area (Å²) in [5.74, 6) is 0. The topological polar surface area (TPSA) is 3.24 Å². The SMILES string of the molecule is CC.CC(C)(C)N1CCc2ccccc21. The first kappa shape index (κ1) is 12.1. The Morgan fingerprint density at radius 3 is 2.27 bits per heavy atom. The molecule has 0 bridgehead atoms. The highest BCUT2D eigenvalue weighted by Crippen LogP contribution is 2.32. The van der Waals surface area contributed by atoms with E-state index in [4.69, 9.17) is 0 Å². The van der Waals surface area contributed by atoms with Crippen molar-refractivity contribution >= 4 is 5.69 Å². The molecule has 0 atom stereocenters. The molecule has 1 nitrogen and oxygen atoms in total. The molecule has 84 valence electrons. The van der Waals surface area contributed by atoms with Gasteiger partial charge in [-0.3, -0.25) is 0 Å². The van der Waals surface area contributed by atoms with E-state index in [0.717, 1.165) is 0 Å². The molecule has 2 rings (SSSR count). The van der Waals surface area contributed by atoms with Crippen LogP contribution in [0.3, 0.4) is 0 Å². The lowest BCUT2D eigenvalue weighted by molar-refractivity contribution is 0.518. The largest absolute Gasteiger partial charge is 0.366 e. The standard InChI is InChI=1S/C12H17N.C2H6/c1-12(2,3)13-9-8-10-6-4-5-7-11(10)13;1-2/h4-7H,8-9H2,1-3H3;1-2H3. The monoisotopic (exact) mass is 205 g/mol. The molecule has 0 aromatic heterocycles. The zero-order chi connectivity index (χ0) is 11.5. The summed E-state index contributed by atoms with van der Waals surface area (Å²) in [4.78, 5) is 2.49. The Bertz CT molecular complexity index is 309. The Labute approximate surface area is 94.1 Å². The quantitative estimate of drug-likeness (QED) is 0.621. The lowest BCUT2D eigenvalue weighted by Crippen LogP contribution is -2.40. The van der Waals surface area contributed by atoms with Crippen LogP contribution in [-0.4, -0.2) is 12.1 Å². The number of para-hydroxylation sites is 1. The number of hydrogen-bond donors (Lipinski definition) is 0. The summed E-state index contributed by atoms with van der Waals surface area (Å²) in [7, 11) is 0. The summed E-state index contributed by atoms with van der Waals surface area (Å²) in [6.07, 6.45) is 1.20. The van der Waals surface area contributed by atoms with E-state index in [1.54, 1.807) is 0 Å². The molecule has 1 heterocycles. The molecule has 0 spiro atoms. The van der Waals surface area contributed by atoms with E-state index in [1.165, 1.54) is 24.2 Å². The maximum Gasteiger partial charge on any atom is 0.0403 e. The van der Waals surface area contributed by atoms with Crippen LogP contribution in [0.2, 0.25) is 0 Å². The number of benzene rings is 1. The van der Waals surface area contributed by atoms with Crippen LogP contribution in [0.1, 0.15) is 40.2 Å². The number of nitrogens with zero attached hydrogens (tertiary/aromatic N) is 1. The lowest BCUT2D eigenvalue weighted by atomic mass is 10.1. The van der Waals surface area contributed by atoms with E-state index in [9.17, 15) is 0 Å². The van der Waals surface area contributed by atoms with Gasteiger partial charge in [0.2, 0.25) is 0 Å². The summed E-state index contributed by atoms with van der Waals surface area (Å²) in [6.45, 7) is 12.0. The lowest BCUT2D eigenvalue weighted by Gasteiger charge is -2.34. The van der Waals surface area contributed by atoms with Crippen LogP contribution in [-0.2, 0) is 6.42 Å². The van der Waals surface area contributed by atoms with Crippen molar-refractivity contribution in [3.05, 3.63) is 29.8 Å². The van der Waals surface area contributed by atoms with Gasteiger partial charge in [-0.25, -0.2) is 0 Å². The van der Waals surface area contributed by atoms with Crippen LogP contribution in [0.4, 0.5) is 5.69 Å². The first-order valence-electron chi connectivity index (χ1n) is 5.94. The molecule has 0 saturated carbocycles. The number of rotatable bonds is 0. The Kier molecular flexibility index (Phi) is 3.78. The number of fused-ring (bicyclic) bond motifs is 1. The van der Waals surface area contributed by atoms with Gasteiger partial charge in [-0.15, -0.1) is 0 Å². The van der Waals surface area contributed by atoms with Crippen LogP contribution < -0.4 is 4.90 Å². The van der Waals surface area contributed by atoms with Crippen LogP contribution in [0.15, 0.2) is 24.3 Å². The molecular formula is C14H23N. The van der Waals surface area contributed by atoms with Crippen molar-refractivity contribution in [3.8, 4) is 0 Å². The maximum atomic E-state index is 2.49. The Hall–Kier alpha value is -0.980. The van der Waals surface area contributed by atoms with Crippen molar-refractivity contribution < 1.29 is 0 Å². The predicted molar refractivity (Wildman–Crippen MR) is 68.6 cm³/mol. The van der Waals surface area contributed by atoms with Crippen molar-refractivity contribution in [2.75, 3.05) is 11.4 Å². The summed E-state index contributed by atoms with van der Waals surface area (Å²) >= 11 is 0. The van der Waals surface area contributed by atoms with Crippen molar-refractivity contribution in [3.63, 3.8) is 0 Å². The first-order valence-corrected chi connectivity index (χ1v) is 5.94. The molecular weight excluding hydrogens is 182 g/mol. The van der Waals surface area contributed by atoms with E-state index >= 15 is 0 Å². The molecule has 1 aliphatic heterocycles. The fourth-order valence-electron chi connectivity index (χ4n) is 2.04. The van der Waals surface area contributed by atoms with Gasteiger partial charge in [0.15, 0.2) is 0 Å². The summed E-state index contributed by atoms with van der Waals surface area (Å²) in [5, 5.41) is 0. The molecule has 0 fully saturated rings. The minimum absolute atomic E-state index is 0.257. The van der Waals surface area contributed by atoms with Crippen LogP contribution in [0, 0.1) is 0 Å². The molecule has 1 aromatic carbocycles. The second kappa shape index (κ2) is 4.69. The van der Waals surface area contributed by atoms with E-state index in [0.29, 0.717) is 0 Å². The van der Waals surface area contributed by atoms with Crippen molar-refractivity contribution in [1.29, 1.82) is 0 Å². The molecule has 0 saturated heterocycles. The molecule has 0 amide bonds. The summed E-state index contributed by atoms with van der Waals surface area (Å²) in [6, 6.07) is 8.72. The van der Waals surface area contributed by atoms with Crippen molar-refractivity contribution in [1.82, 2.24) is 0 Å². The third-order valence-corrected chi connectivity index (χ3v) is 2.70. The molecule has 15 heavy (non-hydrogen) atoms. The average Bonchev–Trinajstić information content (AvgIpc) is 2.63. The highest BCUT2D eigenvalue weighted by molar-refractivity contribution is 5.59. The maximum absolute atomic E-state index is 2.49. The Morgan fingerprint density at radius 2 is 1.67 bits per heavy atom. The highest BCUT2D eigenvalue weighted by atomic mass is 15.2. The van der Waals surface area contributed by atoms with Gasteiger partial charge < -0.3 is 4.90 Å². The van der Waals surface area contributed by atoms with Gasteiger partial charge >= 0.3 is 0 Å². The average molecular weight is 205 g/mol. The minimum Gasteiger partial charge on any atom is -0.366 e. The second-order valence-electron chi connectivity index (χ2n) is 4.70. The van der Waals surface area contributed by atoms with Crippen molar-refractivity contribution in [2.45, 2.75) is 46.6 Å². The third kappa shape index (κ3) is 2.53. The minimum atomic E-state index is 0.257. The van der Waals surface area contributed by atoms with Gasteiger partial charge in [-0.2, -0.15) is 0 Å². The molecule has 0 aliphatic carbocycles. The summed E-state index contributed by atoms with van der Waals surface area (Å²) < 4.78 is 0. The Morgan fingerprint density at radius 1 is 1.07 bits per heavy atom. The number of anilines is 1.